The lowest BCUT2D eigenvalue weighted by atomic mass is 10.1. The van der Waals surface area contributed by atoms with Gasteiger partial charge in [-0.3, -0.25) is 9.10 Å². The second kappa shape index (κ2) is 8.10. The molecule has 1 aliphatic rings. The summed E-state index contributed by atoms with van der Waals surface area (Å²) >= 11 is 0. The zero-order valence-corrected chi connectivity index (χ0v) is 16.5. The molecule has 6 nitrogen and oxygen atoms in total. The van der Waals surface area contributed by atoms with Gasteiger partial charge < -0.3 is 10.2 Å². The summed E-state index contributed by atoms with van der Waals surface area (Å²) in [6.45, 7) is 1.83. The van der Waals surface area contributed by atoms with E-state index < -0.39 is 10.0 Å². The van der Waals surface area contributed by atoms with Crippen LogP contribution in [0.4, 0.5) is 5.69 Å². The molecule has 0 spiro atoms. The van der Waals surface area contributed by atoms with E-state index >= 15 is 0 Å². The van der Waals surface area contributed by atoms with Gasteiger partial charge in [0, 0.05) is 25.2 Å². The van der Waals surface area contributed by atoms with Crippen molar-refractivity contribution in [3.05, 3.63) is 65.2 Å². The molecule has 0 aliphatic carbocycles. The molecule has 1 fully saturated rings. The maximum atomic E-state index is 12.3. The number of carbonyl (C=O) groups excluding carboxylic acids is 1. The van der Waals surface area contributed by atoms with Crippen molar-refractivity contribution in [2.24, 2.45) is 0 Å². The molecule has 1 heterocycles. The molecule has 0 aromatic heterocycles. The minimum Gasteiger partial charge on any atom is -0.348 e. The number of amides is 1. The molecular formula is C20H25N3O3S. The van der Waals surface area contributed by atoms with Gasteiger partial charge in [0.2, 0.25) is 10.0 Å². The molecule has 0 bridgehead atoms. The smallest absolute Gasteiger partial charge is 0.251 e. The second-order valence-electron chi connectivity index (χ2n) is 7.03. The topological polar surface area (TPSA) is 69.7 Å². The third-order valence-corrected chi connectivity index (χ3v) is 6.36. The molecule has 0 atom stereocenters. The van der Waals surface area contributed by atoms with Crippen LogP contribution in [-0.2, 0) is 23.1 Å². The van der Waals surface area contributed by atoms with Crippen molar-refractivity contribution in [3.63, 3.8) is 0 Å². The molecule has 0 unspecified atom stereocenters. The van der Waals surface area contributed by atoms with Crippen molar-refractivity contribution in [2.75, 3.05) is 30.7 Å². The van der Waals surface area contributed by atoms with E-state index in [0.717, 1.165) is 12.1 Å². The van der Waals surface area contributed by atoms with E-state index in [9.17, 15) is 13.2 Å². The highest BCUT2D eigenvalue weighted by Gasteiger charge is 2.28. The normalized spacial score (nSPS) is 15.9. The van der Waals surface area contributed by atoms with Crippen LogP contribution in [-0.4, -0.2) is 45.6 Å². The number of anilines is 1. The van der Waals surface area contributed by atoms with Gasteiger partial charge in [0.25, 0.3) is 5.91 Å². The van der Waals surface area contributed by atoms with Crippen LogP contribution in [0.1, 0.15) is 27.9 Å². The van der Waals surface area contributed by atoms with E-state index in [4.69, 9.17) is 0 Å². The van der Waals surface area contributed by atoms with Gasteiger partial charge >= 0.3 is 0 Å². The molecule has 1 saturated heterocycles. The lowest BCUT2D eigenvalue weighted by Crippen LogP contribution is -2.25. The van der Waals surface area contributed by atoms with Gasteiger partial charge in [-0.1, -0.05) is 24.3 Å². The molecule has 2 aromatic rings. The summed E-state index contributed by atoms with van der Waals surface area (Å²) in [4.78, 5) is 14.4. The first-order valence-electron chi connectivity index (χ1n) is 8.96. The Balaban J connectivity index is 1.58. The van der Waals surface area contributed by atoms with Crippen LogP contribution < -0.4 is 9.62 Å². The number of carbonyl (C=O) groups is 1. The van der Waals surface area contributed by atoms with Crippen molar-refractivity contribution in [1.29, 1.82) is 0 Å². The van der Waals surface area contributed by atoms with Crippen LogP contribution in [0.15, 0.2) is 48.5 Å². The van der Waals surface area contributed by atoms with Crippen LogP contribution in [0.2, 0.25) is 0 Å². The van der Waals surface area contributed by atoms with Gasteiger partial charge in [-0.2, -0.15) is 0 Å². The number of hydrogen-bond acceptors (Lipinski definition) is 4. The molecule has 1 amide bonds. The maximum Gasteiger partial charge on any atom is 0.251 e. The van der Waals surface area contributed by atoms with E-state index in [2.05, 4.69) is 22.3 Å². The number of rotatable bonds is 6. The van der Waals surface area contributed by atoms with Crippen LogP contribution in [0.5, 0.6) is 0 Å². The fourth-order valence-corrected chi connectivity index (χ4v) is 4.69. The minimum absolute atomic E-state index is 0.178. The van der Waals surface area contributed by atoms with Gasteiger partial charge in [0.05, 0.1) is 11.4 Å². The molecule has 27 heavy (non-hydrogen) atoms. The third-order valence-electron chi connectivity index (χ3n) is 4.49. The number of sulfonamides is 1. The summed E-state index contributed by atoms with van der Waals surface area (Å²) in [6, 6.07) is 14.9. The predicted molar refractivity (Wildman–Crippen MR) is 107 cm³/mol. The van der Waals surface area contributed by atoms with Crippen molar-refractivity contribution in [2.45, 2.75) is 19.5 Å². The van der Waals surface area contributed by atoms with Gasteiger partial charge in [0.1, 0.15) is 0 Å². The van der Waals surface area contributed by atoms with Crippen LogP contribution >= 0.6 is 0 Å². The van der Waals surface area contributed by atoms with Gasteiger partial charge in [-0.05, 0) is 55.9 Å². The summed E-state index contributed by atoms with van der Waals surface area (Å²) in [7, 11) is 0.852. The van der Waals surface area contributed by atoms with Crippen LogP contribution in [0.25, 0.3) is 0 Å². The fourth-order valence-electron chi connectivity index (χ4n) is 3.12. The number of nitrogens with one attached hydrogen (secondary N) is 1. The Bertz CT molecular complexity index is 891. The molecule has 0 saturated carbocycles. The minimum atomic E-state index is -3.20. The molecule has 3 rings (SSSR count). The monoisotopic (exact) mass is 387 g/mol. The lowest BCUT2D eigenvalue weighted by molar-refractivity contribution is 0.0951. The van der Waals surface area contributed by atoms with Crippen LogP contribution in [0.3, 0.4) is 0 Å². The Hall–Kier alpha value is -2.38. The van der Waals surface area contributed by atoms with Crippen molar-refractivity contribution in [1.82, 2.24) is 10.2 Å². The molecule has 144 valence electrons. The quantitative estimate of drug-likeness (QED) is 0.825. The molecule has 7 heteroatoms. The van der Waals surface area contributed by atoms with E-state index in [0.29, 0.717) is 30.8 Å². The first kappa shape index (κ1) is 19.4. The summed E-state index contributed by atoms with van der Waals surface area (Å²) in [5.74, 6) is 0.00551. The Morgan fingerprint density at radius 1 is 1.04 bits per heavy atom. The maximum absolute atomic E-state index is 12.3. The zero-order valence-electron chi connectivity index (χ0n) is 15.7. The second-order valence-corrected chi connectivity index (χ2v) is 9.04. The Labute approximate surface area is 160 Å². The van der Waals surface area contributed by atoms with E-state index in [1.807, 2.05) is 26.2 Å². The third kappa shape index (κ3) is 4.87. The van der Waals surface area contributed by atoms with Gasteiger partial charge in [0.15, 0.2) is 0 Å². The summed E-state index contributed by atoms with van der Waals surface area (Å²) < 4.78 is 25.3. The average molecular weight is 388 g/mol. The van der Waals surface area contributed by atoms with Crippen molar-refractivity contribution in [3.8, 4) is 0 Å². The largest absolute Gasteiger partial charge is 0.348 e. The number of nitrogens with zero attached hydrogens (tertiary/aromatic N) is 2. The standard InChI is InChI=1S/C20H25N3O3S/c1-22(2)15-17-6-4-16(5-7-17)14-21-20(24)18-8-10-19(11-9-18)23-12-3-13-27(23,25)26/h4-11H,3,12-15H2,1-2H3,(H,21,24). The summed E-state index contributed by atoms with van der Waals surface area (Å²) in [6.07, 6.45) is 0.637. The number of benzene rings is 2. The summed E-state index contributed by atoms with van der Waals surface area (Å²) in [5, 5.41) is 2.90. The van der Waals surface area contributed by atoms with E-state index in [-0.39, 0.29) is 11.7 Å². The Morgan fingerprint density at radius 2 is 1.67 bits per heavy atom. The average Bonchev–Trinajstić information content (AvgIpc) is 2.99. The highest BCUT2D eigenvalue weighted by atomic mass is 32.2. The van der Waals surface area contributed by atoms with Crippen molar-refractivity contribution < 1.29 is 13.2 Å². The molecule has 2 aromatic carbocycles. The molecule has 1 aliphatic heterocycles. The Kier molecular flexibility index (Phi) is 5.82. The van der Waals surface area contributed by atoms with E-state index in [1.54, 1.807) is 24.3 Å². The number of hydrogen-bond donors (Lipinski definition) is 1. The first-order valence-corrected chi connectivity index (χ1v) is 10.6. The lowest BCUT2D eigenvalue weighted by Gasteiger charge is -2.17. The van der Waals surface area contributed by atoms with Crippen molar-refractivity contribution >= 4 is 21.6 Å². The van der Waals surface area contributed by atoms with E-state index in [1.165, 1.54) is 9.87 Å². The highest BCUT2D eigenvalue weighted by Crippen LogP contribution is 2.24. The van der Waals surface area contributed by atoms with Crippen LogP contribution in [0, 0.1) is 0 Å². The summed E-state index contributed by atoms with van der Waals surface area (Å²) in [5.41, 5.74) is 3.38. The van der Waals surface area contributed by atoms with Gasteiger partial charge in [-0.15, -0.1) is 0 Å². The molecule has 0 radical (unpaired) electrons. The fraction of sp³-hybridized carbons (Fsp3) is 0.350. The Morgan fingerprint density at radius 3 is 2.22 bits per heavy atom. The van der Waals surface area contributed by atoms with Gasteiger partial charge in [-0.25, -0.2) is 8.42 Å². The predicted octanol–water partition coefficient (Wildman–Crippen LogP) is 2.22. The molecular weight excluding hydrogens is 362 g/mol. The first-order chi connectivity index (χ1) is 12.8. The highest BCUT2D eigenvalue weighted by molar-refractivity contribution is 7.93. The SMILES string of the molecule is CN(C)Cc1ccc(CNC(=O)c2ccc(N3CCCS3(=O)=O)cc2)cc1. The zero-order chi connectivity index (χ0) is 19.4. The molecule has 1 N–H and O–H groups in total.